The maximum absolute atomic E-state index is 12.6. The molecule has 1 saturated heterocycles. The largest absolute Gasteiger partial charge is 0.416 e. The molecule has 0 saturated carbocycles. The minimum atomic E-state index is -4.33. The molecule has 1 aromatic rings. The topological polar surface area (TPSA) is 46.3 Å². The molecule has 0 aliphatic carbocycles. The molecule has 6 heteroatoms. The molecule has 1 atom stereocenters. The Hall–Kier alpha value is -1.56. The van der Waals surface area contributed by atoms with Crippen LogP contribution in [0.1, 0.15) is 49.3 Å². The number of benzene rings is 1. The van der Waals surface area contributed by atoms with E-state index in [0.717, 1.165) is 37.0 Å². The van der Waals surface area contributed by atoms with Crippen LogP contribution < -0.4 is 5.73 Å². The fourth-order valence-electron chi connectivity index (χ4n) is 2.87. The first kappa shape index (κ1) is 16.8. The van der Waals surface area contributed by atoms with Crippen LogP contribution in [-0.2, 0) is 11.0 Å². The van der Waals surface area contributed by atoms with E-state index >= 15 is 0 Å². The zero-order chi connectivity index (χ0) is 16.2. The van der Waals surface area contributed by atoms with Crippen molar-refractivity contribution >= 4 is 5.91 Å². The van der Waals surface area contributed by atoms with Crippen molar-refractivity contribution in [3.8, 4) is 0 Å². The lowest BCUT2D eigenvalue weighted by Gasteiger charge is -2.36. The molecule has 1 aromatic carbocycles. The number of halogens is 3. The van der Waals surface area contributed by atoms with Gasteiger partial charge in [-0.3, -0.25) is 4.79 Å². The lowest BCUT2D eigenvalue weighted by Crippen LogP contribution is -2.38. The van der Waals surface area contributed by atoms with E-state index in [-0.39, 0.29) is 11.9 Å². The van der Waals surface area contributed by atoms with Gasteiger partial charge in [0.25, 0.3) is 0 Å². The minimum Gasteiger partial charge on any atom is -0.336 e. The van der Waals surface area contributed by atoms with Gasteiger partial charge in [0, 0.05) is 13.0 Å². The smallest absolute Gasteiger partial charge is 0.336 e. The van der Waals surface area contributed by atoms with E-state index in [2.05, 4.69) is 0 Å². The van der Waals surface area contributed by atoms with Gasteiger partial charge in [-0.15, -0.1) is 0 Å². The predicted octanol–water partition coefficient (Wildman–Crippen LogP) is 3.50. The van der Waals surface area contributed by atoms with Gasteiger partial charge in [0.05, 0.1) is 11.6 Å². The number of carbonyl (C=O) groups is 1. The summed E-state index contributed by atoms with van der Waals surface area (Å²) in [6.07, 6.45) is -0.595. The quantitative estimate of drug-likeness (QED) is 0.924. The van der Waals surface area contributed by atoms with Crippen molar-refractivity contribution in [2.24, 2.45) is 5.73 Å². The number of piperidine rings is 1. The van der Waals surface area contributed by atoms with Crippen LogP contribution in [0.25, 0.3) is 0 Å². The molecular weight excluding hydrogens is 293 g/mol. The van der Waals surface area contributed by atoms with Crippen LogP contribution in [-0.4, -0.2) is 23.9 Å². The zero-order valence-electron chi connectivity index (χ0n) is 12.4. The molecule has 0 aromatic heterocycles. The standard InChI is InChI=1S/C16H21F3N2O/c17-16(18,19)13-8-6-12(7-9-13)14-4-1-2-11-21(14)15(22)5-3-10-20/h6-9,14H,1-5,10-11,20H2/t14-/m1/s1. The average Bonchev–Trinajstić information content (AvgIpc) is 2.52. The van der Waals surface area contributed by atoms with Crippen LogP contribution in [0.3, 0.4) is 0 Å². The molecular formula is C16H21F3N2O. The summed E-state index contributed by atoms with van der Waals surface area (Å²) in [7, 11) is 0. The van der Waals surface area contributed by atoms with Gasteiger partial charge in [0.15, 0.2) is 0 Å². The highest BCUT2D eigenvalue weighted by molar-refractivity contribution is 5.76. The number of likely N-dealkylation sites (tertiary alicyclic amines) is 1. The molecule has 22 heavy (non-hydrogen) atoms. The van der Waals surface area contributed by atoms with Crippen LogP contribution in [0.2, 0.25) is 0 Å². The van der Waals surface area contributed by atoms with Crippen LogP contribution in [0.5, 0.6) is 0 Å². The van der Waals surface area contributed by atoms with Gasteiger partial charge in [0.1, 0.15) is 0 Å². The first-order valence-electron chi connectivity index (χ1n) is 7.60. The van der Waals surface area contributed by atoms with E-state index in [9.17, 15) is 18.0 Å². The molecule has 0 radical (unpaired) electrons. The molecule has 1 fully saturated rings. The number of amides is 1. The first-order chi connectivity index (χ1) is 10.4. The number of nitrogens with zero attached hydrogens (tertiary/aromatic N) is 1. The Kier molecular flexibility index (Phi) is 5.45. The van der Waals surface area contributed by atoms with E-state index in [1.807, 2.05) is 0 Å². The molecule has 0 bridgehead atoms. The van der Waals surface area contributed by atoms with Gasteiger partial charge in [-0.1, -0.05) is 12.1 Å². The fourth-order valence-corrected chi connectivity index (χ4v) is 2.87. The summed E-state index contributed by atoms with van der Waals surface area (Å²) in [4.78, 5) is 14.1. The van der Waals surface area contributed by atoms with Crippen LogP contribution in [0.15, 0.2) is 24.3 Å². The van der Waals surface area contributed by atoms with E-state index in [1.165, 1.54) is 12.1 Å². The molecule has 0 spiro atoms. The molecule has 122 valence electrons. The monoisotopic (exact) mass is 314 g/mol. The summed E-state index contributed by atoms with van der Waals surface area (Å²) < 4.78 is 37.9. The lowest BCUT2D eigenvalue weighted by atomic mass is 9.94. The van der Waals surface area contributed by atoms with Gasteiger partial charge in [-0.25, -0.2) is 0 Å². The van der Waals surface area contributed by atoms with Crippen molar-refractivity contribution in [1.82, 2.24) is 4.90 Å². The zero-order valence-corrected chi connectivity index (χ0v) is 12.4. The maximum Gasteiger partial charge on any atom is 0.416 e. The molecule has 3 nitrogen and oxygen atoms in total. The Morgan fingerprint density at radius 2 is 1.91 bits per heavy atom. The Labute approximate surface area is 128 Å². The van der Waals surface area contributed by atoms with Gasteiger partial charge in [-0.2, -0.15) is 13.2 Å². The third kappa shape index (κ3) is 4.00. The van der Waals surface area contributed by atoms with E-state index < -0.39 is 11.7 Å². The Balaban J connectivity index is 2.15. The number of rotatable bonds is 4. The Morgan fingerprint density at radius 3 is 2.50 bits per heavy atom. The van der Waals surface area contributed by atoms with E-state index in [4.69, 9.17) is 5.73 Å². The molecule has 1 aliphatic rings. The molecule has 2 rings (SSSR count). The molecule has 1 aliphatic heterocycles. The Bertz CT molecular complexity index is 499. The van der Waals surface area contributed by atoms with E-state index in [0.29, 0.717) is 25.9 Å². The molecule has 2 N–H and O–H groups in total. The minimum absolute atomic E-state index is 0.0371. The van der Waals surface area contributed by atoms with Crippen LogP contribution in [0, 0.1) is 0 Å². The van der Waals surface area contributed by atoms with Crippen molar-refractivity contribution in [2.45, 2.75) is 44.3 Å². The average molecular weight is 314 g/mol. The maximum atomic E-state index is 12.6. The second kappa shape index (κ2) is 7.13. The summed E-state index contributed by atoms with van der Waals surface area (Å²) in [6.45, 7) is 1.12. The normalized spacial score (nSPS) is 19.3. The third-order valence-corrected chi connectivity index (χ3v) is 4.04. The highest BCUT2D eigenvalue weighted by Crippen LogP contribution is 2.34. The van der Waals surface area contributed by atoms with Crippen molar-refractivity contribution in [2.75, 3.05) is 13.1 Å². The molecule has 0 unspecified atom stereocenters. The number of carbonyl (C=O) groups excluding carboxylic acids is 1. The number of hydrogen-bond acceptors (Lipinski definition) is 2. The van der Waals surface area contributed by atoms with Crippen molar-refractivity contribution in [1.29, 1.82) is 0 Å². The highest BCUT2D eigenvalue weighted by Gasteiger charge is 2.31. The summed E-state index contributed by atoms with van der Waals surface area (Å²) >= 11 is 0. The summed E-state index contributed by atoms with van der Waals surface area (Å²) in [5.74, 6) is 0.0371. The van der Waals surface area contributed by atoms with Crippen molar-refractivity contribution in [3.05, 3.63) is 35.4 Å². The highest BCUT2D eigenvalue weighted by atomic mass is 19.4. The first-order valence-corrected chi connectivity index (χ1v) is 7.60. The SMILES string of the molecule is NCCCC(=O)N1CCCC[C@@H]1c1ccc(C(F)(F)F)cc1. The summed E-state index contributed by atoms with van der Waals surface area (Å²) in [5, 5.41) is 0. The second-order valence-electron chi connectivity index (χ2n) is 5.61. The van der Waals surface area contributed by atoms with Crippen molar-refractivity contribution < 1.29 is 18.0 Å². The number of nitrogens with two attached hydrogens (primary N) is 1. The second-order valence-corrected chi connectivity index (χ2v) is 5.61. The summed E-state index contributed by atoms with van der Waals surface area (Å²) in [5.41, 5.74) is 5.55. The summed E-state index contributed by atoms with van der Waals surface area (Å²) in [6, 6.07) is 5.03. The molecule has 1 amide bonds. The van der Waals surface area contributed by atoms with Gasteiger partial charge < -0.3 is 10.6 Å². The Morgan fingerprint density at radius 1 is 1.23 bits per heavy atom. The van der Waals surface area contributed by atoms with Gasteiger partial charge in [0.2, 0.25) is 5.91 Å². The number of hydrogen-bond donors (Lipinski definition) is 1. The number of alkyl halides is 3. The fraction of sp³-hybridized carbons (Fsp3) is 0.562. The van der Waals surface area contributed by atoms with Crippen LogP contribution >= 0.6 is 0 Å². The van der Waals surface area contributed by atoms with E-state index in [1.54, 1.807) is 4.90 Å². The lowest BCUT2D eigenvalue weighted by molar-refractivity contribution is -0.138. The van der Waals surface area contributed by atoms with Gasteiger partial charge >= 0.3 is 6.18 Å². The third-order valence-electron chi connectivity index (χ3n) is 4.04. The van der Waals surface area contributed by atoms with Gasteiger partial charge in [-0.05, 0) is 49.9 Å². The predicted molar refractivity (Wildman–Crippen MR) is 78.0 cm³/mol. The molecule has 1 heterocycles. The van der Waals surface area contributed by atoms with Crippen LogP contribution in [0.4, 0.5) is 13.2 Å². The van der Waals surface area contributed by atoms with Crippen molar-refractivity contribution in [3.63, 3.8) is 0 Å².